The van der Waals surface area contributed by atoms with Crippen LogP contribution in [0.4, 0.5) is 4.79 Å². The Labute approximate surface area is 533 Å². The first-order chi connectivity index (χ1) is 41.4. The fourth-order valence-electron chi connectivity index (χ4n) is 7.06. The molecule has 1 aliphatic heterocycles. The van der Waals surface area contributed by atoms with E-state index in [1.54, 1.807) is 86.6 Å². The van der Waals surface area contributed by atoms with Crippen molar-refractivity contribution in [2.24, 2.45) is 11.8 Å². The summed E-state index contributed by atoms with van der Waals surface area (Å²) >= 11 is 4.65. The van der Waals surface area contributed by atoms with Crippen LogP contribution in [0.25, 0.3) is 0 Å². The van der Waals surface area contributed by atoms with Gasteiger partial charge in [-0.2, -0.15) is 0 Å². The van der Waals surface area contributed by atoms with Gasteiger partial charge in [-0.3, -0.25) is 38.4 Å². The highest BCUT2D eigenvalue weighted by atomic mass is 32.2. The quantitative estimate of drug-likeness (QED) is 0.0113. The lowest BCUT2D eigenvalue weighted by Gasteiger charge is -2.24. The first kappa shape index (κ1) is 77.6. The molecule has 3 heterocycles. The molecule has 0 radical (unpaired) electrons. The summed E-state index contributed by atoms with van der Waals surface area (Å²) in [6.07, 6.45) is 8.94. The van der Waals surface area contributed by atoms with E-state index in [2.05, 4.69) is 61.5 Å². The first-order valence-electron chi connectivity index (χ1n) is 28.9. The van der Waals surface area contributed by atoms with Gasteiger partial charge in [-0.15, -0.1) is 22.7 Å². The van der Waals surface area contributed by atoms with E-state index in [0.717, 1.165) is 35.6 Å². The van der Waals surface area contributed by atoms with Gasteiger partial charge in [0.2, 0.25) is 5.91 Å². The maximum absolute atomic E-state index is 13.4. The van der Waals surface area contributed by atoms with Gasteiger partial charge in [-0.05, 0) is 83.9 Å². The van der Waals surface area contributed by atoms with Gasteiger partial charge >= 0.3 is 24.0 Å². The molecule has 6 amide bonds. The summed E-state index contributed by atoms with van der Waals surface area (Å²) in [6.45, 7) is 23.9. The highest BCUT2D eigenvalue weighted by Crippen LogP contribution is 2.18. The number of aromatic nitrogens is 2. The Kier molecular flexibility index (Phi) is 35.4. The van der Waals surface area contributed by atoms with Crippen LogP contribution in [0.1, 0.15) is 145 Å². The molecular formula is C59H88N8O16S4Si. The molecule has 2 bridgehead atoms. The first-order valence-corrected chi connectivity index (χ1v) is 36.3. The molecule has 4 atom stereocenters. The van der Waals surface area contributed by atoms with E-state index in [4.69, 9.17) is 24.1 Å². The number of hydrogen-bond acceptors (Lipinski definition) is 22. The minimum atomic E-state index is -1.43. The minimum Gasteiger partial charge on any atom is -0.466 e. The number of esters is 3. The third-order valence-electron chi connectivity index (χ3n) is 11.7. The number of aliphatic hydroxyl groups is 1. The van der Waals surface area contributed by atoms with Gasteiger partial charge in [0.15, 0.2) is 10.2 Å². The summed E-state index contributed by atoms with van der Waals surface area (Å²) in [5.74, 6) is -4.79. The van der Waals surface area contributed by atoms with E-state index < -0.39 is 97.4 Å². The van der Waals surface area contributed by atoms with Crippen LogP contribution in [-0.2, 0) is 70.4 Å². The summed E-state index contributed by atoms with van der Waals surface area (Å²) in [5.41, 5.74) is -0.680. The monoisotopic (exact) mass is 1320 g/mol. The molecule has 0 unspecified atom stereocenters. The van der Waals surface area contributed by atoms with Crippen LogP contribution in [0.5, 0.6) is 0 Å². The predicted octanol–water partition coefficient (Wildman–Crippen LogP) is 7.57. The maximum Gasteiger partial charge on any atom is 0.408 e. The number of thiazole rings is 2. The summed E-state index contributed by atoms with van der Waals surface area (Å²) in [5, 5.41) is 28.3. The van der Waals surface area contributed by atoms with Gasteiger partial charge in [0.05, 0.1) is 39.1 Å². The Bertz CT molecular complexity index is 2820. The molecule has 29 heteroatoms. The van der Waals surface area contributed by atoms with Gasteiger partial charge in [-0.25, -0.2) is 24.4 Å². The number of aliphatic hydroxyl groups excluding tert-OH is 1. The number of alkyl carbamates (subject to hydrolysis) is 1. The Hall–Kier alpha value is -6.53. The Balaban J connectivity index is 0.000000630. The number of carbonyl (C=O) groups is 11. The predicted molar refractivity (Wildman–Crippen MR) is 342 cm³/mol. The van der Waals surface area contributed by atoms with E-state index in [0.29, 0.717) is 40.8 Å². The highest BCUT2D eigenvalue weighted by molar-refractivity contribution is 8.13. The van der Waals surface area contributed by atoms with Crippen molar-refractivity contribution in [2.75, 3.05) is 24.7 Å². The number of carbonyl (C=O) groups excluding carboxylic acids is 11. The molecule has 0 fully saturated rings. The Morgan fingerprint density at radius 2 is 1.59 bits per heavy atom. The summed E-state index contributed by atoms with van der Waals surface area (Å²) in [6, 6.07) is -1.36. The molecular weight excluding hydrogens is 1230 g/mol. The van der Waals surface area contributed by atoms with Crippen LogP contribution in [-0.4, -0.2) is 142 Å². The second-order valence-corrected chi connectivity index (χ2v) is 32.4. The largest absolute Gasteiger partial charge is 0.466 e. The zero-order valence-corrected chi connectivity index (χ0v) is 56.8. The van der Waals surface area contributed by atoms with Crippen molar-refractivity contribution < 1.29 is 76.8 Å². The van der Waals surface area contributed by atoms with Crippen molar-refractivity contribution in [3.8, 4) is 0 Å². The molecule has 488 valence electrons. The van der Waals surface area contributed by atoms with Crippen LogP contribution in [0.2, 0.25) is 25.7 Å². The second-order valence-electron chi connectivity index (χ2n) is 22.6. The number of fused-ring (bicyclic) bond motifs is 2. The number of nitrogens with one attached hydrogen (secondary N) is 6. The average Bonchev–Trinajstić information content (AvgIpc) is 4.31. The molecule has 24 nitrogen and oxygen atoms in total. The van der Waals surface area contributed by atoms with E-state index in [1.807, 2.05) is 6.92 Å². The Morgan fingerprint density at radius 3 is 2.19 bits per heavy atom. The molecule has 0 saturated heterocycles. The van der Waals surface area contributed by atoms with E-state index >= 15 is 0 Å². The number of thioether (sulfide) groups is 2. The highest BCUT2D eigenvalue weighted by Gasteiger charge is 2.32. The topological polar surface area (TPSA) is 343 Å². The number of cyclic esters (lactones) is 1. The minimum absolute atomic E-state index is 0.0347. The lowest BCUT2D eigenvalue weighted by molar-refractivity contribution is -0.156. The van der Waals surface area contributed by atoms with E-state index in [-0.39, 0.29) is 84.5 Å². The zero-order valence-electron chi connectivity index (χ0n) is 52.6. The molecule has 1 aliphatic rings. The lowest BCUT2D eigenvalue weighted by Crippen LogP contribution is -2.48. The van der Waals surface area contributed by atoms with Crippen LogP contribution in [0.3, 0.4) is 0 Å². The molecule has 2 aromatic rings. The molecule has 7 N–H and O–H groups in total. The van der Waals surface area contributed by atoms with Crippen molar-refractivity contribution in [1.82, 2.24) is 41.9 Å². The normalized spacial score (nSPS) is 16.6. The molecule has 0 saturated carbocycles. The van der Waals surface area contributed by atoms with Gasteiger partial charge in [0.25, 0.3) is 23.6 Å². The van der Waals surface area contributed by atoms with Crippen molar-refractivity contribution in [3.63, 3.8) is 0 Å². The SMILES string of the molecule is C/C=C(\NC(=O)c1csc(CNC(=O)OC(C)(C)C)n1)C(=O)N[C@H](C(=O)O[C@H](/C=C/CCSC(=O)CCC)CC(=O)OCC[Si](C)(C)C)C(C)C.C/C=C1\NC(=O)c2csc(n2)CNC(=O)C[C@@H](/C=C/CCSC(=O)CCO)OC(=O)[C@H](C(C)C)NC1=O. The summed E-state index contributed by atoms with van der Waals surface area (Å²) in [7, 11) is -1.43. The zero-order chi connectivity index (χ0) is 66.1. The number of rotatable bonds is 27. The number of ether oxygens (including phenoxy) is 4. The molecule has 0 aliphatic carbocycles. The molecule has 0 aromatic carbocycles. The summed E-state index contributed by atoms with van der Waals surface area (Å²) < 4.78 is 22.0. The van der Waals surface area contributed by atoms with E-state index in [1.165, 1.54) is 46.0 Å². The standard InChI is InChI=1S/C35H56N4O9S2Si.C24H32N4O7S2/c1-11-15-29(41)49-18-14-13-16-24(20-28(40)46-17-19-51(8,9)10)47-33(44)30(23(3)4)39-31(42)25(12-2)38-32(43)26-22-50-27(37-26)21-36-34(45)48-35(5,6)7;1-4-16-22(32)28-21(14(2)3)24(34)35-15(7-5-6-10-36-20(31)8-9-29)11-18(30)25-12-19-26-17(13-37-19)23(33)27-16/h12-13,16,22-24,30H,11,14-15,17-21H2,1-10H3,(H,36,45)(H,38,43)(H,39,42);4-5,7,13-15,21,29H,6,8-12H2,1-3H3,(H,25,30)(H,27,33)(H,28,32)/b16-13+,25-12-;7-5+,16-4-/t24-,30+;15-,21+/m11/s1. The molecule has 88 heavy (non-hydrogen) atoms. The Morgan fingerprint density at radius 1 is 0.920 bits per heavy atom. The lowest BCUT2D eigenvalue weighted by atomic mass is 10.0. The maximum atomic E-state index is 13.4. The van der Waals surface area contributed by atoms with Crippen LogP contribution in [0, 0.1) is 11.8 Å². The van der Waals surface area contributed by atoms with Gasteiger partial charge < -0.3 is 56.0 Å². The van der Waals surface area contributed by atoms with Crippen LogP contribution < -0.4 is 31.9 Å². The smallest absolute Gasteiger partial charge is 0.408 e. The fraction of sp³-hybridized carbons (Fsp3) is 0.576. The third kappa shape index (κ3) is 32.1. The average molecular weight is 1320 g/mol. The van der Waals surface area contributed by atoms with E-state index in [9.17, 15) is 52.7 Å². The van der Waals surface area contributed by atoms with Gasteiger partial charge in [0.1, 0.15) is 62.7 Å². The van der Waals surface area contributed by atoms with Crippen LogP contribution in [0.15, 0.2) is 58.6 Å². The third-order valence-corrected chi connectivity index (χ3v) is 17.1. The fourth-order valence-corrected chi connectivity index (χ4v) is 10.8. The van der Waals surface area contributed by atoms with Crippen molar-refractivity contribution >= 4 is 118 Å². The summed E-state index contributed by atoms with van der Waals surface area (Å²) in [4.78, 5) is 147. The molecule has 2 aromatic heterocycles. The number of amides is 6. The number of nitrogens with zero attached hydrogens (tertiary/aromatic N) is 2. The van der Waals surface area contributed by atoms with Crippen LogP contribution >= 0.6 is 46.2 Å². The molecule has 0 spiro atoms. The number of hydrogen-bond donors (Lipinski definition) is 7. The second kappa shape index (κ2) is 40.2. The van der Waals surface area contributed by atoms with Crippen molar-refractivity contribution in [1.29, 1.82) is 0 Å². The van der Waals surface area contributed by atoms with Crippen molar-refractivity contribution in [2.45, 2.75) is 183 Å². The number of allylic oxidation sites excluding steroid dienone is 4. The van der Waals surface area contributed by atoms with Crippen molar-refractivity contribution in [3.05, 3.63) is 80.0 Å². The van der Waals surface area contributed by atoms with Gasteiger partial charge in [-0.1, -0.05) is 102 Å². The molecule has 3 rings (SSSR count). The van der Waals surface area contributed by atoms with Gasteiger partial charge in [0, 0.05) is 43.2 Å².